The Kier molecular flexibility index (Phi) is 4.81. The minimum atomic E-state index is -0.475. The molecule has 28 heavy (non-hydrogen) atoms. The van der Waals surface area contributed by atoms with E-state index >= 15 is 0 Å². The van der Waals surface area contributed by atoms with Crippen LogP contribution >= 0.6 is 11.6 Å². The van der Waals surface area contributed by atoms with E-state index in [2.05, 4.69) is 25.8 Å². The summed E-state index contributed by atoms with van der Waals surface area (Å²) in [5.74, 6) is 1.52. The number of fused-ring (bicyclic) bond motifs is 1. The number of anilines is 4. The van der Waals surface area contributed by atoms with Crippen LogP contribution in [0.15, 0.2) is 42.6 Å². The molecule has 0 unspecified atom stereocenters. The van der Waals surface area contributed by atoms with E-state index in [9.17, 15) is 4.79 Å². The molecule has 1 aliphatic heterocycles. The molecule has 10 heteroatoms. The van der Waals surface area contributed by atoms with Crippen LogP contribution < -0.4 is 20.1 Å². The smallest absolute Gasteiger partial charge is 0.337 e. The third-order valence-electron chi connectivity index (χ3n) is 3.84. The van der Waals surface area contributed by atoms with Gasteiger partial charge in [-0.2, -0.15) is 10.1 Å². The molecule has 1 aromatic heterocycles. The summed E-state index contributed by atoms with van der Waals surface area (Å²) in [4.78, 5) is 16.1. The summed E-state index contributed by atoms with van der Waals surface area (Å²) in [5, 5.41) is 14.3. The Balaban J connectivity index is 1.54. The van der Waals surface area contributed by atoms with Crippen molar-refractivity contribution in [3.8, 4) is 11.5 Å². The monoisotopic (exact) mass is 399 g/mol. The number of nitrogens with one attached hydrogen (secondary N) is 2. The molecule has 4 rings (SSSR count). The number of ether oxygens (including phenoxy) is 3. The Bertz CT molecular complexity index is 1050. The molecule has 0 saturated heterocycles. The number of esters is 1. The second-order valence-electron chi connectivity index (χ2n) is 5.67. The largest absolute Gasteiger partial charge is 0.465 e. The maximum atomic E-state index is 11.7. The molecule has 0 saturated carbocycles. The first-order valence-electron chi connectivity index (χ1n) is 8.13. The van der Waals surface area contributed by atoms with Crippen LogP contribution in [0.3, 0.4) is 0 Å². The standard InChI is InChI=1S/C18H14ClN5O4/c1-26-17(25)10-2-4-12(19)13(6-10)22-18-23-16(8-20-24-18)21-11-3-5-14-15(7-11)28-9-27-14/h2-8H,9H2,1H3,(H2,21,22,23,24). The number of carbonyl (C=O) groups is 1. The lowest BCUT2D eigenvalue weighted by Crippen LogP contribution is -2.05. The van der Waals surface area contributed by atoms with Crippen molar-refractivity contribution in [2.75, 3.05) is 24.5 Å². The van der Waals surface area contributed by atoms with Crippen LogP contribution in [-0.2, 0) is 4.74 Å². The summed E-state index contributed by atoms with van der Waals surface area (Å²) >= 11 is 6.19. The molecule has 0 spiro atoms. The highest BCUT2D eigenvalue weighted by Gasteiger charge is 2.14. The van der Waals surface area contributed by atoms with Gasteiger partial charge in [-0.3, -0.25) is 0 Å². The van der Waals surface area contributed by atoms with Crippen molar-refractivity contribution in [3.05, 3.63) is 53.2 Å². The lowest BCUT2D eigenvalue weighted by atomic mass is 10.2. The zero-order valence-electron chi connectivity index (χ0n) is 14.6. The number of benzene rings is 2. The summed E-state index contributed by atoms with van der Waals surface area (Å²) in [7, 11) is 1.31. The normalized spacial score (nSPS) is 11.8. The number of nitrogens with zero attached hydrogens (tertiary/aromatic N) is 3. The van der Waals surface area contributed by atoms with E-state index in [1.54, 1.807) is 30.3 Å². The third-order valence-corrected chi connectivity index (χ3v) is 4.17. The van der Waals surface area contributed by atoms with Gasteiger partial charge >= 0.3 is 5.97 Å². The molecule has 2 heterocycles. The Labute approximate surface area is 164 Å². The van der Waals surface area contributed by atoms with E-state index in [1.807, 2.05) is 6.07 Å². The predicted octanol–water partition coefficient (Wildman–Crippen LogP) is 3.53. The van der Waals surface area contributed by atoms with Crippen LogP contribution in [0.1, 0.15) is 10.4 Å². The molecular weight excluding hydrogens is 386 g/mol. The number of rotatable bonds is 5. The second kappa shape index (κ2) is 7.57. The van der Waals surface area contributed by atoms with Crippen LogP contribution in [0.4, 0.5) is 23.1 Å². The number of halogens is 1. The molecule has 0 radical (unpaired) electrons. The van der Waals surface area contributed by atoms with E-state index in [4.69, 9.17) is 25.8 Å². The van der Waals surface area contributed by atoms with Gasteiger partial charge in [-0.25, -0.2) is 4.79 Å². The highest BCUT2D eigenvalue weighted by molar-refractivity contribution is 6.33. The number of methoxy groups -OCH3 is 1. The van der Waals surface area contributed by atoms with Gasteiger partial charge in [0.15, 0.2) is 17.3 Å². The van der Waals surface area contributed by atoms with Crippen molar-refractivity contribution in [2.45, 2.75) is 0 Å². The molecule has 0 fully saturated rings. The first-order valence-corrected chi connectivity index (χ1v) is 8.51. The molecule has 3 aromatic rings. The van der Waals surface area contributed by atoms with Crippen molar-refractivity contribution >= 4 is 40.7 Å². The fourth-order valence-electron chi connectivity index (χ4n) is 2.53. The lowest BCUT2D eigenvalue weighted by molar-refractivity contribution is 0.0601. The Morgan fingerprint density at radius 1 is 1.14 bits per heavy atom. The molecule has 0 bridgehead atoms. The average Bonchev–Trinajstić information content (AvgIpc) is 3.17. The highest BCUT2D eigenvalue weighted by atomic mass is 35.5. The first kappa shape index (κ1) is 17.8. The molecule has 0 atom stereocenters. The fourth-order valence-corrected chi connectivity index (χ4v) is 2.69. The Morgan fingerprint density at radius 3 is 2.86 bits per heavy atom. The fraction of sp³-hybridized carbons (Fsp3) is 0.111. The van der Waals surface area contributed by atoms with Gasteiger partial charge in [0.25, 0.3) is 0 Å². The van der Waals surface area contributed by atoms with Gasteiger partial charge in [-0.05, 0) is 30.3 Å². The number of hydrogen-bond acceptors (Lipinski definition) is 9. The molecular formula is C18H14ClN5O4. The van der Waals surface area contributed by atoms with Crippen LogP contribution in [0, 0.1) is 0 Å². The Morgan fingerprint density at radius 2 is 2.00 bits per heavy atom. The van der Waals surface area contributed by atoms with E-state index < -0.39 is 5.97 Å². The van der Waals surface area contributed by atoms with E-state index in [1.165, 1.54) is 13.3 Å². The SMILES string of the molecule is COC(=O)c1ccc(Cl)c(Nc2nncc(Nc3ccc4c(c3)OCO4)n2)c1. The maximum absolute atomic E-state index is 11.7. The zero-order valence-corrected chi connectivity index (χ0v) is 15.4. The summed E-state index contributed by atoms with van der Waals surface area (Å²) in [6.45, 7) is 0.202. The molecule has 1 aliphatic rings. The quantitative estimate of drug-likeness (QED) is 0.623. The summed E-state index contributed by atoms with van der Waals surface area (Å²) in [6.07, 6.45) is 1.47. The van der Waals surface area contributed by atoms with E-state index in [0.717, 1.165) is 5.69 Å². The van der Waals surface area contributed by atoms with Gasteiger partial charge in [-0.15, -0.1) is 5.10 Å². The van der Waals surface area contributed by atoms with Gasteiger partial charge in [-0.1, -0.05) is 11.6 Å². The van der Waals surface area contributed by atoms with Crippen LogP contribution in [0.5, 0.6) is 11.5 Å². The molecule has 0 aliphatic carbocycles. The van der Waals surface area contributed by atoms with E-state index in [-0.39, 0.29) is 12.7 Å². The third kappa shape index (κ3) is 3.74. The highest BCUT2D eigenvalue weighted by Crippen LogP contribution is 2.35. The minimum absolute atomic E-state index is 0.202. The Hall–Kier alpha value is -3.59. The molecule has 0 amide bonds. The predicted molar refractivity (Wildman–Crippen MR) is 102 cm³/mol. The summed E-state index contributed by atoms with van der Waals surface area (Å²) in [5.41, 5.74) is 1.55. The zero-order chi connectivity index (χ0) is 19.5. The van der Waals surface area contributed by atoms with E-state index in [0.29, 0.717) is 33.6 Å². The van der Waals surface area contributed by atoms with Crippen molar-refractivity contribution in [2.24, 2.45) is 0 Å². The number of aromatic nitrogens is 3. The first-order chi connectivity index (χ1) is 13.6. The van der Waals surface area contributed by atoms with Crippen LogP contribution in [0.2, 0.25) is 5.02 Å². The van der Waals surface area contributed by atoms with Gasteiger partial charge in [0.1, 0.15) is 0 Å². The number of hydrogen-bond donors (Lipinski definition) is 2. The average molecular weight is 400 g/mol. The molecule has 2 aromatic carbocycles. The molecule has 142 valence electrons. The van der Waals surface area contributed by atoms with Crippen molar-refractivity contribution in [3.63, 3.8) is 0 Å². The van der Waals surface area contributed by atoms with Gasteiger partial charge in [0.05, 0.1) is 29.6 Å². The van der Waals surface area contributed by atoms with Crippen LogP contribution in [-0.4, -0.2) is 35.1 Å². The lowest BCUT2D eigenvalue weighted by Gasteiger charge is -2.10. The maximum Gasteiger partial charge on any atom is 0.337 e. The van der Waals surface area contributed by atoms with Crippen LogP contribution in [0.25, 0.3) is 0 Å². The summed E-state index contributed by atoms with van der Waals surface area (Å²) in [6, 6.07) is 10.1. The molecule has 2 N–H and O–H groups in total. The molecule has 9 nitrogen and oxygen atoms in total. The summed E-state index contributed by atoms with van der Waals surface area (Å²) < 4.78 is 15.4. The van der Waals surface area contributed by atoms with Crippen molar-refractivity contribution < 1.29 is 19.0 Å². The van der Waals surface area contributed by atoms with Gasteiger partial charge < -0.3 is 24.8 Å². The number of carbonyl (C=O) groups excluding carboxylic acids is 1. The van der Waals surface area contributed by atoms with Crippen molar-refractivity contribution in [1.29, 1.82) is 0 Å². The second-order valence-corrected chi connectivity index (χ2v) is 6.08. The van der Waals surface area contributed by atoms with Gasteiger partial charge in [0.2, 0.25) is 12.7 Å². The van der Waals surface area contributed by atoms with Gasteiger partial charge in [0, 0.05) is 11.8 Å². The topological polar surface area (TPSA) is 107 Å². The minimum Gasteiger partial charge on any atom is -0.465 e. The van der Waals surface area contributed by atoms with Crippen molar-refractivity contribution in [1.82, 2.24) is 15.2 Å².